The lowest BCUT2D eigenvalue weighted by Gasteiger charge is -2.12. The van der Waals surface area contributed by atoms with Crippen molar-refractivity contribution in [2.24, 2.45) is 0 Å². The minimum Gasteiger partial charge on any atom is -0.208 e. The van der Waals surface area contributed by atoms with Crippen molar-refractivity contribution in [3.8, 4) is 78.0 Å². The third-order valence-corrected chi connectivity index (χ3v) is 10.7. The second-order valence-electron chi connectivity index (χ2n) is 12.4. The van der Waals surface area contributed by atoms with Crippen LogP contribution in [-0.4, -0.2) is 15.0 Å². The van der Waals surface area contributed by atoms with Gasteiger partial charge in [-0.1, -0.05) is 152 Å². The molecule has 0 radical (unpaired) electrons. The van der Waals surface area contributed by atoms with Crippen LogP contribution in [0.1, 0.15) is 0 Å². The van der Waals surface area contributed by atoms with E-state index in [4.69, 9.17) is 15.0 Å². The molecule has 1 aliphatic carbocycles. The second kappa shape index (κ2) is 11.2. The predicted octanol–water partition coefficient (Wildman–Crippen LogP) is 12.2. The van der Waals surface area contributed by atoms with Crippen molar-refractivity contribution in [1.29, 1.82) is 0 Å². The minimum atomic E-state index is 0.654. The van der Waals surface area contributed by atoms with Crippen molar-refractivity contribution >= 4 is 32.2 Å². The van der Waals surface area contributed by atoms with E-state index in [9.17, 15) is 0 Å². The molecule has 0 saturated heterocycles. The maximum absolute atomic E-state index is 5.04. The van der Waals surface area contributed by atoms with Gasteiger partial charge in [0.15, 0.2) is 17.5 Å². The first-order valence-electron chi connectivity index (χ1n) is 16.4. The van der Waals surface area contributed by atoms with Crippen LogP contribution in [0.3, 0.4) is 0 Å². The van der Waals surface area contributed by atoms with Crippen LogP contribution in [0.25, 0.3) is 98.8 Å². The third-order valence-electron chi connectivity index (χ3n) is 9.50. The number of rotatable bonds is 4. The van der Waals surface area contributed by atoms with E-state index in [1.54, 1.807) is 0 Å². The molecule has 0 unspecified atom stereocenters. The molecular weight excluding hydrogens is 615 g/mol. The highest BCUT2D eigenvalue weighted by Crippen LogP contribution is 2.54. The second-order valence-corrected chi connectivity index (χ2v) is 13.4. The molecule has 0 amide bonds. The van der Waals surface area contributed by atoms with Gasteiger partial charge < -0.3 is 0 Å². The molecule has 0 saturated carbocycles. The summed E-state index contributed by atoms with van der Waals surface area (Å²) in [5.41, 5.74) is 11.8. The minimum absolute atomic E-state index is 0.654. The zero-order valence-electron chi connectivity index (χ0n) is 26.3. The number of nitrogens with zero attached hydrogens (tertiary/aromatic N) is 3. The summed E-state index contributed by atoms with van der Waals surface area (Å²) in [7, 11) is 0. The number of hydrogen-bond donors (Lipinski definition) is 0. The zero-order valence-corrected chi connectivity index (χ0v) is 27.2. The standard InChI is InChI=1S/C45H27N3S/c1-2-12-30(13-3-1)43-46-44(48-45(47-43)33-26-21-28-11-4-5-14-32(28)27-33)31-24-22-29(23-25-31)42-41-38-18-9-8-17-36(38)34-15-6-7-16-35(34)37-19-10-20-39(49-42)40(37)41/h1-27H. The molecule has 228 valence electrons. The van der Waals surface area contributed by atoms with Gasteiger partial charge in [0.25, 0.3) is 0 Å². The monoisotopic (exact) mass is 641 g/mol. The molecule has 4 heteroatoms. The van der Waals surface area contributed by atoms with Crippen molar-refractivity contribution in [3.05, 3.63) is 164 Å². The fourth-order valence-corrected chi connectivity index (χ4v) is 8.42. The van der Waals surface area contributed by atoms with Gasteiger partial charge in [-0.15, -0.1) is 11.3 Å². The first-order chi connectivity index (χ1) is 24.3. The Labute approximate surface area is 287 Å². The van der Waals surface area contributed by atoms with E-state index in [0.717, 1.165) is 22.1 Å². The Morgan fingerprint density at radius 3 is 1.59 bits per heavy atom. The van der Waals surface area contributed by atoms with E-state index in [1.165, 1.54) is 59.3 Å². The maximum Gasteiger partial charge on any atom is 0.164 e. The van der Waals surface area contributed by atoms with Crippen LogP contribution < -0.4 is 0 Å². The van der Waals surface area contributed by atoms with Gasteiger partial charge in [-0.2, -0.15) is 0 Å². The van der Waals surface area contributed by atoms with E-state index < -0.39 is 0 Å². The van der Waals surface area contributed by atoms with Gasteiger partial charge in [-0.25, -0.2) is 15.0 Å². The molecule has 2 aromatic heterocycles. The first-order valence-corrected chi connectivity index (χ1v) is 17.3. The molecule has 3 nitrogen and oxygen atoms in total. The largest absolute Gasteiger partial charge is 0.208 e. The summed E-state index contributed by atoms with van der Waals surface area (Å²) in [5, 5.41) is 3.67. The normalized spacial score (nSPS) is 11.7. The molecule has 2 heterocycles. The van der Waals surface area contributed by atoms with Crippen LogP contribution in [-0.2, 0) is 0 Å². The molecule has 0 atom stereocenters. The first kappa shape index (κ1) is 27.8. The Morgan fingerprint density at radius 2 is 0.857 bits per heavy atom. The number of aromatic nitrogens is 3. The van der Waals surface area contributed by atoms with Gasteiger partial charge in [0, 0.05) is 37.2 Å². The van der Waals surface area contributed by atoms with Crippen LogP contribution in [0.4, 0.5) is 0 Å². The fourth-order valence-electron chi connectivity index (χ4n) is 7.17. The summed E-state index contributed by atoms with van der Waals surface area (Å²) in [4.78, 5) is 16.3. The van der Waals surface area contributed by atoms with E-state index in [-0.39, 0.29) is 0 Å². The number of hydrogen-bond acceptors (Lipinski definition) is 4. The Morgan fingerprint density at radius 1 is 0.347 bits per heavy atom. The SMILES string of the molecule is c1ccc(-c2nc(-c3ccc(-c4sc5cccc6c5c4-c4ccccc4-c4ccccc4-6)cc3)nc(-c3ccc4ccccc4c3)n2)cc1. The summed E-state index contributed by atoms with van der Waals surface area (Å²) in [6.07, 6.45) is 0. The van der Waals surface area contributed by atoms with Crippen LogP contribution in [0.15, 0.2) is 164 Å². The van der Waals surface area contributed by atoms with Crippen molar-refractivity contribution in [2.45, 2.75) is 0 Å². The molecule has 1 aliphatic rings. The van der Waals surface area contributed by atoms with Gasteiger partial charge in [0.05, 0.1) is 0 Å². The molecule has 10 rings (SSSR count). The summed E-state index contributed by atoms with van der Waals surface area (Å²) in [6, 6.07) is 58.0. The Hall–Kier alpha value is -6.23. The molecule has 0 N–H and O–H groups in total. The lowest BCUT2D eigenvalue weighted by molar-refractivity contribution is 1.07. The van der Waals surface area contributed by atoms with Crippen LogP contribution >= 0.6 is 11.3 Å². The fraction of sp³-hybridized carbons (Fsp3) is 0. The van der Waals surface area contributed by atoms with E-state index in [1.807, 2.05) is 41.7 Å². The van der Waals surface area contributed by atoms with Gasteiger partial charge in [-0.05, 0) is 56.3 Å². The number of fused-ring (bicyclic) bond motifs is 6. The van der Waals surface area contributed by atoms with Gasteiger partial charge in [0.2, 0.25) is 0 Å². The molecule has 49 heavy (non-hydrogen) atoms. The number of benzene rings is 7. The third kappa shape index (κ3) is 4.61. The predicted molar refractivity (Wildman–Crippen MR) is 204 cm³/mol. The highest BCUT2D eigenvalue weighted by molar-refractivity contribution is 7.23. The quantitative estimate of drug-likeness (QED) is 0.192. The lowest BCUT2D eigenvalue weighted by Crippen LogP contribution is -2.00. The van der Waals surface area contributed by atoms with Gasteiger partial charge in [0.1, 0.15) is 0 Å². The maximum atomic E-state index is 5.04. The highest BCUT2D eigenvalue weighted by atomic mass is 32.1. The van der Waals surface area contributed by atoms with Crippen LogP contribution in [0.5, 0.6) is 0 Å². The molecule has 9 aromatic rings. The molecular formula is C45H27N3S. The lowest BCUT2D eigenvalue weighted by atomic mass is 9.93. The van der Waals surface area contributed by atoms with E-state index >= 15 is 0 Å². The van der Waals surface area contributed by atoms with E-state index in [2.05, 4.69) is 133 Å². The topological polar surface area (TPSA) is 38.7 Å². The average molecular weight is 642 g/mol. The molecule has 0 fully saturated rings. The number of thiophene rings is 1. The molecule has 0 aliphatic heterocycles. The average Bonchev–Trinajstić information content (AvgIpc) is 3.52. The van der Waals surface area contributed by atoms with Crippen molar-refractivity contribution in [3.63, 3.8) is 0 Å². The Bertz CT molecular complexity index is 2710. The Kier molecular flexibility index (Phi) is 6.36. The Balaban J connectivity index is 1.12. The summed E-state index contributed by atoms with van der Waals surface area (Å²) in [5.74, 6) is 1.97. The van der Waals surface area contributed by atoms with Crippen molar-refractivity contribution in [2.75, 3.05) is 0 Å². The molecule has 0 bridgehead atoms. The summed E-state index contributed by atoms with van der Waals surface area (Å²) in [6.45, 7) is 0. The highest BCUT2D eigenvalue weighted by Gasteiger charge is 2.26. The summed E-state index contributed by atoms with van der Waals surface area (Å²) >= 11 is 1.86. The zero-order chi connectivity index (χ0) is 32.3. The van der Waals surface area contributed by atoms with Gasteiger partial charge >= 0.3 is 0 Å². The summed E-state index contributed by atoms with van der Waals surface area (Å²) < 4.78 is 1.29. The van der Waals surface area contributed by atoms with Crippen molar-refractivity contribution in [1.82, 2.24) is 15.0 Å². The van der Waals surface area contributed by atoms with Crippen molar-refractivity contribution < 1.29 is 0 Å². The molecule has 0 spiro atoms. The van der Waals surface area contributed by atoms with Crippen LogP contribution in [0, 0.1) is 0 Å². The van der Waals surface area contributed by atoms with Gasteiger partial charge in [-0.3, -0.25) is 0 Å². The van der Waals surface area contributed by atoms with Crippen LogP contribution in [0.2, 0.25) is 0 Å². The smallest absolute Gasteiger partial charge is 0.164 e. The molecule has 7 aromatic carbocycles. The van der Waals surface area contributed by atoms with E-state index in [0.29, 0.717) is 17.5 Å².